The molecule has 0 spiro atoms. The van der Waals surface area contributed by atoms with Gasteiger partial charge in [0.2, 0.25) is 0 Å². The zero-order valence-electron chi connectivity index (χ0n) is 12.5. The van der Waals surface area contributed by atoms with Crippen molar-refractivity contribution in [3.05, 3.63) is 53.0 Å². The van der Waals surface area contributed by atoms with Crippen molar-refractivity contribution in [2.75, 3.05) is 6.54 Å². The zero-order valence-corrected chi connectivity index (χ0v) is 12.5. The Bertz CT molecular complexity index is 796. The Morgan fingerprint density at radius 1 is 1.38 bits per heavy atom. The Hall–Kier alpha value is -2.07. The molecule has 4 heteroatoms. The van der Waals surface area contributed by atoms with Gasteiger partial charge < -0.3 is 10.3 Å². The molecule has 0 saturated heterocycles. The summed E-state index contributed by atoms with van der Waals surface area (Å²) in [6.45, 7) is 6.19. The van der Waals surface area contributed by atoms with Crippen LogP contribution < -0.4 is 5.32 Å². The number of nitrogens with zero attached hydrogens (tertiary/aromatic N) is 2. The molecule has 1 aliphatic heterocycles. The minimum absolute atomic E-state index is 0.224. The zero-order chi connectivity index (χ0) is 14.4. The highest BCUT2D eigenvalue weighted by molar-refractivity contribution is 5.86. The average Bonchev–Trinajstić information content (AvgIpc) is 3.11. The Morgan fingerprint density at radius 2 is 2.29 bits per heavy atom. The second kappa shape index (κ2) is 4.74. The van der Waals surface area contributed by atoms with Crippen LogP contribution in [-0.2, 0) is 13.0 Å². The molecule has 2 N–H and O–H groups in total. The van der Waals surface area contributed by atoms with Gasteiger partial charge in [-0.25, -0.2) is 0 Å². The molecule has 1 atom stereocenters. The van der Waals surface area contributed by atoms with Crippen molar-refractivity contribution in [3.63, 3.8) is 0 Å². The van der Waals surface area contributed by atoms with Crippen LogP contribution in [0.25, 0.3) is 10.9 Å². The van der Waals surface area contributed by atoms with E-state index in [4.69, 9.17) is 0 Å². The van der Waals surface area contributed by atoms with Gasteiger partial charge in [0, 0.05) is 41.4 Å². The number of hydrogen-bond acceptors (Lipinski definition) is 2. The van der Waals surface area contributed by atoms with Crippen LogP contribution >= 0.6 is 0 Å². The summed E-state index contributed by atoms with van der Waals surface area (Å²) in [6.07, 6.45) is 5.20. The third-order valence-electron chi connectivity index (χ3n) is 4.42. The van der Waals surface area contributed by atoms with Gasteiger partial charge in [-0.3, -0.25) is 4.68 Å². The van der Waals surface area contributed by atoms with Crippen molar-refractivity contribution in [2.45, 2.75) is 32.9 Å². The van der Waals surface area contributed by atoms with Gasteiger partial charge in [-0.05, 0) is 38.0 Å². The van der Waals surface area contributed by atoms with Crippen LogP contribution in [-0.4, -0.2) is 21.3 Å². The number of aromatic amines is 1. The normalized spacial score (nSPS) is 18.1. The molecule has 0 bridgehead atoms. The van der Waals surface area contributed by atoms with E-state index in [1.165, 1.54) is 33.3 Å². The number of H-pyrrole nitrogens is 1. The van der Waals surface area contributed by atoms with E-state index in [0.29, 0.717) is 0 Å². The molecular weight excluding hydrogens is 260 g/mol. The Balaban J connectivity index is 1.85. The highest BCUT2D eigenvalue weighted by Crippen LogP contribution is 2.33. The minimum atomic E-state index is 0.224. The fourth-order valence-electron chi connectivity index (χ4n) is 3.33. The number of fused-ring (bicyclic) bond motifs is 3. The molecule has 3 aromatic rings. The van der Waals surface area contributed by atoms with Gasteiger partial charge in [-0.2, -0.15) is 5.10 Å². The molecule has 4 nitrogen and oxygen atoms in total. The first-order valence-electron chi connectivity index (χ1n) is 7.63. The van der Waals surface area contributed by atoms with Crippen LogP contribution in [0.4, 0.5) is 0 Å². The number of aryl methyl sites for hydroxylation is 2. The average molecular weight is 280 g/mol. The van der Waals surface area contributed by atoms with E-state index in [9.17, 15) is 0 Å². The fourth-order valence-corrected chi connectivity index (χ4v) is 3.33. The lowest BCUT2D eigenvalue weighted by atomic mass is 9.96. The standard InChI is InChI=1S/C17H20N4/c1-3-21-10-12(9-19-21)16-17-13(6-7-18-16)14-8-11(2)4-5-15(14)20-17/h4-5,8-10,16,18,20H,3,6-7H2,1-2H3/t16-/m1/s1. The fraction of sp³-hybridized carbons (Fsp3) is 0.353. The molecule has 0 saturated carbocycles. The summed E-state index contributed by atoms with van der Waals surface area (Å²) in [4.78, 5) is 3.62. The first-order valence-corrected chi connectivity index (χ1v) is 7.63. The topological polar surface area (TPSA) is 45.6 Å². The molecule has 21 heavy (non-hydrogen) atoms. The number of nitrogens with one attached hydrogen (secondary N) is 2. The number of benzene rings is 1. The summed E-state index contributed by atoms with van der Waals surface area (Å²) in [5.41, 5.74) is 6.56. The molecule has 0 amide bonds. The first-order chi connectivity index (χ1) is 10.3. The first kappa shape index (κ1) is 12.7. The molecule has 0 fully saturated rings. The highest BCUT2D eigenvalue weighted by atomic mass is 15.3. The SMILES string of the molecule is CCn1cc([C@H]2NCCc3c2[nH]c2ccc(C)cc32)cn1. The summed E-state index contributed by atoms with van der Waals surface area (Å²) in [7, 11) is 0. The molecular formula is C17H20N4. The minimum Gasteiger partial charge on any atom is -0.357 e. The number of aromatic nitrogens is 3. The second-order valence-corrected chi connectivity index (χ2v) is 5.83. The Morgan fingerprint density at radius 3 is 3.10 bits per heavy atom. The predicted molar refractivity (Wildman–Crippen MR) is 84.5 cm³/mol. The van der Waals surface area contributed by atoms with Gasteiger partial charge >= 0.3 is 0 Å². The quantitative estimate of drug-likeness (QED) is 0.758. The van der Waals surface area contributed by atoms with Gasteiger partial charge in [-0.1, -0.05) is 11.6 Å². The molecule has 4 rings (SSSR count). The highest BCUT2D eigenvalue weighted by Gasteiger charge is 2.26. The van der Waals surface area contributed by atoms with Crippen LogP contribution in [0.1, 0.15) is 35.3 Å². The second-order valence-electron chi connectivity index (χ2n) is 5.83. The van der Waals surface area contributed by atoms with E-state index in [2.05, 4.69) is 53.6 Å². The molecule has 2 aromatic heterocycles. The third-order valence-corrected chi connectivity index (χ3v) is 4.42. The monoisotopic (exact) mass is 280 g/mol. The maximum atomic E-state index is 4.41. The van der Waals surface area contributed by atoms with Crippen molar-refractivity contribution in [1.29, 1.82) is 0 Å². The van der Waals surface area contributed by atoms with Crippen LogP contribution in [0, 0.1) is 6.92 Å². The van der Waals surface area contributed by atoms with Gasteiger partial charge in [0.25, 0.3) is 0 Å². The third kappa shape index (κ3) is 1.98. The maximum absolute atomic E-state index is 4.41. The van der Waals surface area contributed by atoms with Crippen LogP contribution in [0.5, 0.6) is 0 Å². The lowest BCUT2D eigenvalue weighted by Crippen LogP contribution is -2.30. The van der Waals surface area contributed by atoms with E-state index >= 15 is 0 Å². The van der Waals surface area contributed by atoms with E-state index in [-0.39, 0.29) is 6.04 Å². The predicted octanol–water partition coefficient (Wildman–Crippen LogP) is 2.93. The van der Waals surface area contributed by atoms with Gasteiger partial charge in [-0.15, -0.1) is 0 Å². The van der Waals surface area contributed by atoms with Crippen LogP contribution in [0.3, 0.4) is 0 Å². The molecule has 3 heterocycles. The summed E-state index contributed by atoms with van der Waals surface area (Å²) in [5.74, 6) is 0. The summed E-state index contributed by atoms with van der Waals surface area (Å²) < 4.78 is 1.98. The Kier molecular flexibility index (Phi) is 2.86. The molecule has 0 unspecified atom stereocenters. The molecule has 0 aliphatic carbocycles. The van der Waals surface area contributed by atoms with Gasteiger partial charge in [0.15, 0.2) is 0 Å². The van der Waals surface area contributed by atoms with E-state index in [1.54, 1.807) is 0 Å². The number of hydrogen-bond donors (Lipinski definition) is 2. The molecule has 1 aliphatic rings. The van der Waals surface area contributed by atoms with Crippen molar-refractivity contribution >= 4 is 10.9 Å². The number of rotatable bonds is 2. The summed E-state index contributed by atoms with van der Waals surface area (Å²) in [5, 5.41) is 9.41. The van der Waals surface area contributed by atoms with E-state index in [1.807, 2.05) is 10.9 Å². The Labute approximate surface area is 124 Å². The van der Waals surface area contributed by atoms with Crippen molar-refractivity contribution < 1.29 is 0 Å². The summed E-state index contributed by atoms with van der Waals surface area (Å²) >= 11 is 0. The molecule has 108 valence electrons. The van der Waals surface area contributed by atoms with Crippen LogP contribution in [0.15, 0.2) is 30.6 Å². The van der Waals surface area contributed by atoms with E-state index in [0.717, 1.165) is 19.5 Å². The molecule has 1 aromatic carbocycles. The van der Waals surface area contributed by atoms with Crippen molar-refractivity contribution in [3.8, 4) is 0 Å². The van der Waals surface area contributed by atoms with Gasteiger partial charge in [0.05, 0.1) is 12.2 Å². The van der Waals surface area contributed by atoms with Crippen molar-refractivity contribution in [2.24, 2.45) is 0 Å². The molecule has 0 radical (unpaired) electrons. The smallest absolute Gasteiger partial charge is 0.0763 e. The lowest BCUT2D eigenvalue weighted by molar-refractivity contribution is 0.559. The van der Waals surface area contributed by atoms with Crippen molar-refractivity contribution in [1.82, 2.24) is 20.1 Å². The maximum Gasteiger partial charge on any atom is 0.0763 e. The largest absolute Gasteiger partial charge is 0.357 e. The summed E-state index contributed by atoms with van der Waals surface area (Å²) in [6, 6.07) is 6.88. The van der Waals surface area contributed by atoms with Crippen LogP contribution in [0.2, 0.25) is 0 Å². The van der Waals surface area contributed by atoms with E-state index < -0.39 is 0 Å². The van der Waals surface area contributed by atoms with Gasteiger partial charge in [0.1, 0.15) is 0 Å². The lowest BCUT2D eigenvalue weighted by Gasteiger charge is -2.23.